The van der Waals surface area contributed by atoms with E-state index in [1.165, 1.54) is 31.5 Å². The summed E-state index contributed by atoms with van der Waals surface area (Å²) in [5.74, 6) is 0.697. The first-order valence-electron chi connectivity index (χ1n) is 10.9. The summed E-state index contributed by atoms with van der Waals surface area (Å²) in [7, 11) is 0. The number of fused-ring (bicyclic) bond motifs is 1. The van der Waals surface area contributed by atoms with Crippen LogP contribution in [-0.2, 0) is 0 Å². The van der Waals surface area contributed by atoms with Gasteiger partial charge in [0.15, 0.2) is 0 Å². The number of carbonyl (C=O) groups is 1. The van der Waals surface area contributed by atoms with Crippen LogP contribution in [0.2, 0.25) is 0 Å². The third kappa shape index (κ3) is 4.54. The number of likely N-dealkylation sites (tertiary alicyclic amines) is 1. The maximum Gasteiger partial charge on any atom is 0.255 e. The predicted octanol–water partition coefficient (Wildman–Crippen LogP) is 5.48. The van der Waals surface area contributed by atoms with Gasteiger partial charge >= 0.3 is 0 Å². The number of hydrogen-bond donors (Lipinski definition) is 1. The number of benzene rings is 3. The van der Waals surface area contributed by atoms with E-state index in [-0.39, 0.29) is 5.91 Å². The lowest BCUT2D eigenvalue weighted by Gasteiger charge is -2.22. The smallest absolute Gasteiger partial charge is 0.255 e. The van der Waals surface area contributed by atoms with Crippen molar-refractivity contribution in [1.29, 1.82) is 0 Å². The van der Waals surface area contributed by atoms with Gasteiger partial charge in [-0.1, -0.05) is 42.5 Å². The molecule has 2 heterocycles. The van der Waals surface area contributed by atoms with Crippen LogP contribution in [0.25, 0.3) is 17.2 Å². The molecule has 0 aromatic heterocycles. The van der Waals surface area contributed by atoms with Crippen LogP contribution in [0.5, 0.6) is 5.75 Å². The van der Waals surface area contributed by atoms with E-state index in [1.54, 1.807) is 0 Å². The average Bonchev–Trinajstić information content (AvgIpc) is 3.33. The molecule has 5 rings (SSSR count). The van der Waals surface area contributed by atoms with Gasteiger partial charge in [-0.05, 0) is 73.0 Å². The number of nitrogens with zero attached hydrogens (tertiary/aromatic N) is 1. The normalized spacial score (nSPS) is 15.7. The molecule has 1 amide bonds. The Hall–Kier alpha value is -3.37. The molecule has 0 atom stereocenters. The molecule has 31 heavy (non-hydrogen) atoms. The molecule has 3 aromatic carbocycles. The van der Waals surface area contributed by atoms with Crippen LogP contribution in [0.1, 0.15) is 28.8 Å². The number of amides is 1. The van der Waals surface area contributed by atoms with E-state index >= 15 is 0 Å². The molecule has 0 bridgehead atoms. The van der Waals surface area contributed by atoms with Crippen molar-refractivity contribution in [2.24, 2.45) is 0 Å². The molecule has 2 aliphatic rings. The first-order valence-corrected chi connectivity index (χ1v) is 10.9. The number of nitrogens with one attached hydrogen (secondary N) is 1. The zero-order chi connectivity index (χ0) is 21.0. The first-order chi connectivity index (χ1) is 15.2. The summed E-state index contributed by atoms with van der Waals surface area (Å²) in [5.41, 5.74) is 5.99. The van der Waals surface area contributed by atoms with Crippen molar-refractivity contribution < 1.29 is 9.53 Å². The molecule has 0 aliphatic carbocycles. The standard InChI is InChI=1S/C27H26N2O2/c30-27(23-10-8-22(9-11-23)21-6-2-1-3-7-21)28-25-13-12-24-16-20(19-31-26(24)17-25)18-29-14-4-5-15-29/h1-3,6-13,16-17H,4-5,14-15,18-19H2,(H,28,30). The summed E-state index contributed by atoms with van der Waals surface area (Å²) >= 11 is 0. The number of rotatable bonds is 5. The molecule has 0 radical (unpaired) electrons. The minimum atomic E-state index is -0.124. The fourth-order valence-corrected chi connectivity index (χ4v) is 4.26. The van der Waals surface area contributed by atoms with Crippen LogP contribution in [0.3, 0.4) is 0 Å². The molecule has 1 fully saturated rings. The van der Waals surface area contributed by atoms with Gasteiger partial charge < -0.3 is 10.1 Å². The molecule has 0 spiro atoms. The molecular weight excluding hydrogens is 384 g/mol. The summed E-state index contributed by atoms with van der Waals surface area (Å²) < 4.78 is 5.99. The van der Waals surface area contributed by atoms with E-state index in [0.29, 0.717) is 12.2 Å². The van der Waals surface area contributed by atoms with E-state index in [4.69, 9.17) is 4.74 Å². The van der Waals surface area contributed by atoms with Crippen molar-refractivity contribution in [2.45, 2.75) is 12.8 Å². The molecular formula is C27H26N2O2. The zero-order valence-corrected chi connectivity index (χ0v) is 17.5. The highest BCUT2D eigenvalue weighted by Crippen LogP contribution is 2.30. The van der Waals surface area contributed by atoms with Gasteiger partial charge in [0.2, 0.25) is 0 Å². The first kappa shape index (κ1) is 19.6. The number of hydrogen-bond acceptors (Lipinski definition) is 3. The molecule has 156 valence electrons. The van der Waals surface area contributed by atoms with Crippen molar-refractivity contribution >= 4 is 17.7 Å². The molecule has 2 aliphatic heterocycles. The van der Waals surface area contributed by atoms with Crippen LogP contribution < -0.4 is 10.1 Å². The summed E-state index contributed by atoms with van der Waals surface area (Å²) in [4.78, 5) is 15.2. The largest absolute Gasteiger partial charge is 0.488 e. The minimum Gasteiger partial charge on any atom is -0.488 e. The highest BCUT2D eigenvalue weighted by Gasteiger charge is 2.17. The second-order valence-corrected chi connectivity index (χ2v) is 8.22. The fraction of sp³-hybridized carbons (Fsp3) is 0.222. The monoisotopic (exact) mass is 410 g/mol. The Morgan fingerprint density at radius 1 is 0.903 bits per heavy atom. The third-order valence-corrected chi connectivity index (χ3v) is 5.92. The number of ether oxygens (including phenoxy) is 1. The van der Waals surface area contributed by atoms with Gasteiger partial charge in [0.25, 0.3) is 5.91 Å². The lowest BCUT2D eigenvalue weighted by molar-refractivity contribution is 0.102. The Labute approximate surface area is 183 Å². The second-order valence-electron chi connectivity index (χ2n) is 8.22. The van der Waals surface area contributed by atoms with E-state index in [1.807, 2.05) is 60.7 Å². The van der Waals surface area contributed by atoms with Crippen LogP contribution >= 0.6 is 0 Å². The fourth-order valence-electron chi connectivity index (χ4n) is 4.26. The minimum absolute atomic E-state index is 0.124. The van der Waals surface area contributed by atoms with Crippen molar-refractivity contribution in [3.63, 3.8) is 0 Å². The molecule has 0 unspecified atom stereocenters. The lowest BCUT2D eigenvalue weighted by atomic mass is 10.0. The Bertz CT molecular complexity index is 1100. The van der Waals surface area contributed by atoms with Gasteiger partial charge in [-0.3, -0.25) is 9.69 Å². The molecule has 1 N–H and O–H groups in total. The van der Waals surface area contributed by atoms with Gasteiger partial charge in [0.1, 0.15) is 12.4 Å². The zero-order valence-electron chi connectivity index (χ0n) is 17.5. The van der Waals surface area contributed by atoms with Crippen LogP contribution in [0.4, 0.5) is 5.69 Å². The van der Waals surface area contributed by atoms with Gasteiger partial charge in [-0.2, -0.15) is 0 Å². The summed E-state index contributed by atoms with van der Waals surface area (Å²) in [6.07, 6.45) is 4.82. The SMILES string of the molecule is O=C(Nc1ccc2c(c1)OCC(CN1CCCC1)=C2)c1ccc(-c2ccccc2)cc1. The van der Waals surface area contributed by atoms with Crippen molar-refractivity contribution in [1.82, 2.24) is 4.90 Å². The molecule has 4 heteroatoms. The van der Waals surface area contributed by atoms with Crippen molar-refractivity contribution in [3.8, 4) is 16.9 Å². The lowest BCUT2D eigenvalue weighted by Crippen LogP contribution is -2.25. The van der Waals surface area contributed by atoms with E-state index in [9.17, 15) is 4.79 Å². The molecule has 4 nitrogen and oxygen atoms in total. The number of carbonyl (C=O) groups excluding carboxylic acids is 1. The quantitative estimate of drug-likeness (QED) is 0.606. The van der Waals surface area contributed by atoms with E-state index < -0.39 is 0 Å². The molecule has 3 aromatic rings. The molecule has 0 saturated carbocycles. The van der Waals surface area contributed by atoms with Gasteiger partial charge in [-0.15, -0.1) is 0 Å². The topological polar surface area (TPSA) is 41.6 Å². The van der Waals surface area contributed by atoms with Crippen molar-refractivity contribution in [3.05, 3.63) is 89.5 Å². The average molecular weight is 411 g/mol. The third-order valence-electron chi connectivity index (χ3n) is 5.92. The molecule has 1 saturated heterocycles. The highest BCUT2D eigenvalue weighted by molar-refractivity contribution is 6.04. The Morgan fingerprint density at radius 2 is 1.65 bits per heavy atom. The predicted molar refractivity (Wildman–Crippen MR) is 125 cm³/mol. The Morgan fingerprint density at radius 3 is 2.42 bits per heavy atom. The summed E-state index contributed by atoms with van der Waals surface area (Å²) in [6.45, 7) is 3.96. The van der Waals surface area contributed by atoms with Gasteiger partial charge in [0.05, 0.1) is 0 Å². The van der Waals surface area contributed by atoms with E-state index in [0.717, 1.165) is 34.7 Å². The van der Waals surface area contributed by atoms with Crippen LogP contribution in [0.15, 0.2) is 78.4 Å². The Kier molecular flexibility index (Phi) is 5.55. The van der Waals surface area contributed by atoms with Gasteiger partial charge in [0, 0.05) is 29.4 Å². The van der Waals surface area contributed by atoms with Crippen molar-refractivity contribution in [2.75, 3.05) is 31.6 Å². The van der Waals surface area contributed by atoms with Crippen LogP contribution in [-0.4, -0.2) is 37.0 Å². The summed E-state index contributed by atoms with van der Waals surface area (Å²) in [5, 5.41) is 2.99. The van der Waals surface area contributed by atoms with Crippen LogP contribution in [0, 0.1) is 0 Å². The summed E-state index contributed by atoms with van der Waals surface area (Å²) in [6, 6.07) is 23.7. The Balaban J connectivity index is 1.25. The van der Waals surface area contributed by atoms with Gasteiger partial charge in [-0.25, -0.2) is 0 Å². The maximum absolute atomic E-state index is 12.7. The highest BCUT2D eigenvalue weighted by atomic mass is 16.5. The number of anilines is 1. The van der Waals surface area contributed by atoms with E-state index in [2.05, 4.69) is 28.4 Å². The second kappa shape index (κ2) is 8.78. The maximum atomic E-state index is 12.7.